The van der Waals surface area contributed by atoms with Crippen molar-refractivity contribution in [2.75, 3.05) is 13.1 Å². The molecule has 2 aliphatic carbocycles. The first kappa shape index (κ1) is 15.2. The Labute approximate surface area is 144 Å². The molecule has 0 aromatic heterocycles. The second-order valence-electron chi connectivity index (χ2n) is 7.38. The normalized spacial score (nSPS) is 34.7. The number of carbonyl (C=O) groups excluding carboxylic acids is 1. The molecule has 4 nitrogen and oxygen atoms in total. The molecular formula is C18H20BrNO3. The molecule has 23 heavy (non-hydrogen) atoms. The lowest BCUT2D eigenvalue weighted by Crippen LogP contribution is -2.33. The molecule has 0 bridgehead atoms. The summed E-state index contributed by atoms with van der Waals surface area (Å²) in [4.78, 5) is 25.9. The quantitative estimate of drug-likeness (QED) is 0.861. The zero-order chi connectivity index (χ0) is 16.4. The predicted molar refractivity (Wildman–Crippen MR) is 89.1 cm³/mol. The zero-order valence-corrected chi connectivity index (χ0v) is 14.7. The number of amides is 1. The van der Waals surface area contributed by atoms with Crippen LogP contribution in [0.5, 0.6) is 0 Å². The van der Waals surface area contributed by atoms with E-state index in [9.17, 15) is 14.7 Å². The van der Waals surface area contributed by atoms with Crippen LogP contribution in [-0.4, -0.2) is 35.0 Å². The Kier molecular flexibility index (Phi) is 3.34. The maximum atomic E-state index is 12.9. The van der Waals surface area contributed by atoms with E-state index >= 15 is 0 Å². The van der Waals surface area contributed by atoms with Crippen molar-refractivity contribution < 1.29 is 14.7 Å². The number of aliphatic carboxylic acids is 1. The summed E-state index contributed by atoms with van der Waals surface area (Å²) in [5.74, 6) is -0.950. The van der Waals surface area contributed by atoms with Gasteiger partial charge in [0.25, 0.3) is 0 Å². The van der Waals surface area contributed by atoms with Crippen LogP contribution < -0.4 is 0 Å². The Morgan fingerprint density at radius 2 is 2.13 bits per heavy atom. The Morgan fingerprint density at radius 1 is 1.35 bits per heavy atom. The number of likely N-dealkylation sites (tertiary alicyclic amines) is 1. The first-order chi connectivity index (χ1) is 10.9. The van der Waals surface area contributed by atoms with E-state index in [1.54, 1.807) is 4.90 Å². The topological polar surface area (TPSA) is 57.6 Å². The monoisotopic (exact) mass is 377 g/mol. The van der Waals surface area contributed by atoms with Crippen molar-refractivity contribution in [3.63, 3.8) is 0 Å². The van der Waals surface area contributed by atoms with E-state index in [1.807, 2.05) is 6.92 Å². The second-order valence-corrected chi connectivity index (χ2v) is 8.30. The molecule has 1 N–H and O–H groups in total. The number of carboxylic acid groups (broad SMARTS) is 1. The third-order valence-corrected chi connectivity index (χ3v) is 6.55. The zero-order valence-electron chi connectivity index (χ0n) is 13.1. The van der Waals surface area contributed by atoms with Gasteiger partial charge in [0.15, 0.2) is 0 Å². The minimum absolute atomic E-state index is 0.0255. The standard InChI is InChI=1S/C18H20BrNO3/c1-10-8-20(9-13(10)17(22)23)16(21)15-7-18(15)5-4-11-6-12(19)2-3-14(11)18/h2-3,6,10,13,15H,4-5,7-9H2,1H3,(H,22,23)/t10-,13-,15?,18?/m1/s1. The summed E-state index contributed by atoms with van der Waals surface area (Å²) in [6.45, 7) is 2.88. The number of rotatable bonds is 2. The molecule has 1 aromatic rings. The summed E-state index contributed by atoms with van der Waals surface area (Å²) in [6.07, 6.45) is 3.00. The minimum Gasteiger partial charge on any atom is -0.481 e. The number of hydrogen-bond acceptors (Lipinski definition) is 2. The van der Waals surface area contributed by atoms with Crippen LogP contribution in [0.25, 0.3) is 0 Å². The lowest BCUT2D eigenvalue weighted by atomic mass is 9.95. The highest BCUT2D eigenvalue weighted by atomic mass is 79.9. The number of halogens is 1. The average molecular weight is 378 g/mol. The maximum Gasteiger partial charge on any atom is 0.308 e. The van der Waals surface area contributed by atoms with Crippen LogP contribution in [0.15, 0.2) is 22.7 Å². The number of aryl methyl sites for hydroxylation is 1. The van der Waals surface area contributed by atoms with Crippen LogP contribution in [0.3, 0.4) is 0 Å². The number of carbonyl (C=O) groups is 2. The third-order valence-electron chi connectivity index (χ3n) is 6.06. The molecule has 1 saturated heterocycles. The van der Waals surface area contributed by atoms with Crippen LogP contribution in [0.4, 0.5) is 0 Å². The molecular weight excluding hydrogens is 358 g/mol. The molecule has 1 spiro atoms. The van der Waals surface area contributed by atoms with Crippen molar-refractivity contribution >= 4 is 27.8 Å². The van der Waals surface area contributed by atoms with Gasteiger partial charge in [-0.1, -0.05) is 28.9 Å². The highest BCUT2D eigenvalue weighted by Crippen LogP contribution is 2.62. The van der Waals surface area contributed by atoms with E-state index in [1.165, 1.54) is 11.1 Å². The third kappa shape index (κ3) is 2.24. The van der Waals surface area contributed by atoms with E-state index in [4.69, 9.17) is 0 Å². The van der Waals surface area contributed by atoms with Crippen molar-refractivity contribution in [2.24, 2.45) is 17.8 Å². The van der Waals surface area contributed by atoms with Crippen molar-refractivity contribution in [2.45, 2.75) is 31.6 Å². The number of benzene rings is 1. The first-order valence-electron chi connectivity index (χ1n) is 8.23. The molecule has 4 rings (SSSR count). The van der Waals surface area contributed by atoms with Gasteiger partial charge in [0.2, 0.25) is 5.91 Å². The highest BCUT2D eigenvalue weighted by molar-refractivity contribution is 9.10. The Bertz CT molecular complexity index is 704. The average Bonchev–Trinajstić information content (AvgIpc) is 2.92. The molecule has 2 fully saturated rings. The second kappa shape index (κ2) is 5.07. The van der Waals surface area contributed by atoms with Crippen molar-refractivity contribution in [1.82, 2.24) is 4.90 Å². The van der Waals surface area contributed by atoms with Crippen LogP contribution in [0.1, 0.15) is 30.9 Å². The van der Waals surface area contributed by atoms with E-state index in [0.717, 1.165) is 23.7 Å². The summed E-state index contributed by atoms with van der Waals surface area (Å²) in [6, 6.07) is 6.39. The van der Waals surface area contributed by atoms with E-state index < -0.39 is 11.9 Å². The summed E-state index contributed by atoms with van der Waals surface area (Å²) in [7, 11) is 0. The number of carboxylic acids is 1. The van der Waals surface area contributed by atoms with Crippen LogP contribution >= 0.6 is 15.9 Å². The SMILES string of the molecule is C[C@@H]1CN(C(=O)C2CC23CCc2cc(Br)ccc23)C[C@H]1C(=O)O. The minimum atomic E-state index is -0.783. The van der Waals surface area contributed by atoms with Gasteiger partial charge >= 0.3 is 5.97 Å². The van der Waals surface area contributed by atoms with Gasteiger partial charge in [-0.2, -0.15) is 0 Å². The van der Waals surface area contributed by atoms with Gasteiger partial charge in [0.1, 0.15) is 0 Å². The predicted octanol–water partition coefficient (Wildman–Crippen LogP) is 2.83. The Balaban J connectivity index is 1.52. The van der Waals surface area contributed by atoms with Gasteiger partial charge in [-0.05, 0) is 48.4 Å². The smallest absolute Gasteiger partial charge is 0.308 e. The Hall–Kier alpha value is -1.36. The fourth-order valence-corrected chi connectivity index (χ4v) is 5.05. The van der Waals surface area contributed by atoms with Crippen LogP contribution in [-0.2, 0) is 21.4 Å². The molecule has 1 heterocycles. The van der Waals surface area contributed by atoms with Crippen molar-refractivity contribution in [3.8, 4) is 0 Å². The molecule has 1 aliphatic heterocycles. The Morgan fingerprint density at radius 3 is 2.83 bits per heavy atom. The molecule has 5 heteroatoms. The summed E-state index contributed by atoms with van der Waals surface area (Å²) < 4.78 is 1.09. The summed E-state index contributed by atoms with van der Waals surface area (Å²) >= 11 is 3.52. The molecule has 1 aromatic carbocycles. The molecule has 0 radical (unpaired) electrons. The number of nitrogens with zero attached hydrogens (tertiary/aromatic N) is 1. The van der Waals surface area contributed by atoms with Crippen molar-refractivity contribution in [1.29, 1.82) is 0 Å². The largest absolute Gasteiger partial charge is 0.481 e. The lowest BCUT2D eigenvalue weighted by Gasteiger charge is -2.18. The van der Waals surface area contributed by atoms with Gasteiger partial charge in [0.05, 0.1) is 5.92 Å². The molecule has 3 aliphatic rings. The van der Waals surface area contributed by atoms with Gasteiger partial charge in [-0.25, -0.2) is 0 Å². The molecule has 4 atom stereocenters. The molecule has 1 saturated carbocycles. The number of fused-ring (bicyclic) bond motifs is 2. The first-order valence-corrected chi connectivity index (χ1v) is 9.02. The van der Waals surface area contributed by atoms with Gasteiger partial charge < -0.3 is 10.0 Å². The fourth-order valence-electron chi connectivity index (χ4n) is 4.64. The maximum absolute atomic E-state index is 12.9. The highest BCUT2D eigenvalue weighted by Gasteiger charge is 2.62. The molecule has 122 valence electrons. The van der Waals surface area contributed by atoms with Crippen LogP contribution in [0, 0.1) is 17.8 Å². The summed E-state index contributed by atoms with van der Waals surface area (Å²) in [5, 5.41) is 9.26. The van der Waals surface area contributed by atoms with E-state index in [2.05, 4.69) is 34.1 Å². The van der Waals surface area contributed by atoms with Gasteiger partial charge in [-0.15, -0.1) is 0 Å². The van der Waals surface area contributed by atoms with Crippen LogP contribution in [0.2, 0.25) is 0 Å². The van der Waals surface area contributed by atoms with Crippen molar-refractivity contribution in [3.05, 3.63) is 33.8 Å². The van der Waals surface area contributed by atoms with E-state index in [0.29, 0.717) is 13.1 Å². The number of hydrogen-bond donors (Lipinski definition) is 1. The molecule has 1 amide bonds. The molecule has 2 unspecified atom stereocenters. The van der Waals surface area contributed by atoms with Gasteiger partial charge in [0, 0.05) is 28.9 Å². The summed E-state index contributed by atoms with van der Waals surface area (Å²) in [5.41, 5.74) is 2.71. The fraction of sp³-hybridized carbons (Fsp3) is 0.556. The van der Waals surface area contributed by atoms with Gasteiger partial charge in [-0.3, -0.25) is 9.59 Å². The van der Waals surface area contributed by atoms with E-state index in [-0.39, 0.29) is 23.2 Å². The lowest BCUT2D eigenvalue weighted by molar-refractivity contribution is -0.142.